The number of hydrogen-bond donors (Lipinski definition) is 1. The number of benzene rings is 1. The average Bonchev–Trinajstić information content (AvgIpc) is 2.98. The number of aromatic amines is 1. The Labute approximate surface area is 165 Å². The lowest BCUT2D eigenvalue weighted by molar-refractivity contribution is -0.385. The fraction of sp³-hybridized carbons (Fsp3) is 0.316. The first-order valence-electron chi connectivity index (χ1n) is 8.43. The number of rotatable bonds is 8. The Hall–Kier alpha value is -3.69. The van der Waals surface area contributed by atoms with Crippen molar-refractivity contribution in [2.24, 2.45) is 0 Å². The van der Waals surface area contributed by atoms with Crippen molar-refractivity contribution >= 4 is 23.2 Å². The molecule has 0 unspecified atom stereocenters. The molecule has 1 aromatic carbocycles. The van der Waals surface area contributed by atoms with Gasteiger partial charge in [0.1, 0.15) is 5.56 Å². The number of esters is 1. The number of ether oxygens (including phenoxy) is 3. The van der Waals surface area contributed by atoms with Crippen molar-refractivity contribution in [2.75, 3.05) is 20.8 Å². The van der Waals surface area contributed by atoms with E-state index in [-0.39, 0.29) is 28.5 Å². The van der Waals surface area contributed by atoms with Crippen LogP contribution in [0.1, 0.15) is 49.4 Å². The van der Waals surface area contributed by atoms with E-state index in [1.807, 2.05) is 0 Å². The maximum atomic E-state index is 12.4. The Kier molecular flexibility index (Phi) is 6.37. The molecule has 2 rings (SSSR count). The molecule has 1 heterocycles. The quantitative estimate of drug-likeness (QED) is 0.307. The van der Waals surface area contributed by atoms with Gasteiger partial charge in [0.25, 0.3) is 5.69 Å². The van der Waals surface area contributed by atoms with Gasteiger partial charge in [-0.1, -0.05) is 0 Å². The Morgan fingerprint density at radius 2 is 1.69 bits per heavy atom. The van der Waals surface area contributed by atoms with E-state index >= 15 is 0 Å². The van der Waals surface area contributed by atoms with Gasteiger partial charge in [-0.3, -0.25) is 19.7 Å². The number of hydrogen-bond acceptors (Lipinski definition) is 8. The van der Waals surface area contributed by atoms with Crippen LogP contribution in [0, 0.1) is 24.0 Å². The fourth-order valence-electron chi connectivity index (χ4n) is 3.02. The molecule has 0 aliphatic carbocycles. The van der Waals surface area contributed by atoms with Gasteiger partial charge in [-0.15, -0.1) is 0 Å². The minimum Gasteiger partial charge on any atom is -0.493 e. The summed E-state index contributed by atoms with van der Waals surface area (Å²) in [5.74, 6) is -1.68. The van der Waals surface area contributed by atoms with Crippen LogP contribution < -0.4 is 9.47 Å². The largest absolute Gasteiger partial charge is 0.493 e. The van der Waals surface area contributed by atoms with Gasteiger partial charge in [-0.25, -0.2) is 4.79 Å². The number of nitro groups is 1. The van der Waals surface area contributed by atoms with E-state index in [4.69, 9.17) is 14.2 Å². The standard InChI is InChI=1S/C19H20N2O8/c1-9-17(11(3)22)10(2)20-18(9)14(23)8-29-19(24)12-6-15(27-4)16(28-5)7-13(12)21(25)26/h6-7,20H,8H2,1-5H3. The monoisotopic (exact) mass is 404 g/mol. The van der Waals surface area contributed by atoms with Gasteiger partial charge in [0.2, 0.25) is 5.78 Å². The molecule has 29 heavy (non-hydrogen) atoms. The van der Waals surface area contributed by atoms with E-state index < -0.39 is 29.0 Å². The predicted octanol–water partition coefficient (Wildman–Crippen LogP) is 2.80. The van der Waals surface area contributed by atoms with Crippen LogP contribution in [-0.4, -0.2) is 48.3 Å². The summed E-state index contributed by atoms with van der Waals surface area (Å²) >= 11 is 0. The molecule has 0 radical (unpaired) electrons. The zero-order chi connectivity index (χ0) is 21.9. The number of nitro benzene ring substituents is 1. The molecule has 2 aromatic rings. The smallest absolute Gasteiger partial charge is 0.345 e. The Morgan fingerprint density at radius 3 is 2.17 bits per heavy atom. The Bertz CT molecular complexity index is 1010. The summed E-state index contributed by atoms with van der Waals surface area (Å²) in [5, 5.41) is 11.3. The van der Waals surface area contributed by atoms with Crippen molar-refractivity contribution in [2.45, 2.75) is 20.8 Å². The van der Waals surface area contributed by atoms with Crippen molar-refractivity contribution in [1.29, 1.82) is 0 Å². The van der Waals surface area contributed by atoms with Crippen molar-refractivity contribution in [3.8, 4) is 11.5 Å². The van der Waals surface area contributed by atoms with Crippen LogP contribution in [-0.2, 0) is 4.74 Å². The summed E-state index contributed by atoms with van der Waals surface area (Å²) < 4.78 is 15.0. The second-order valence-electron chi connectivity index (χ2n) is 6.16. The van der Waals surface area contributed by atoms with Crippen LogP contribution in [0.4, 0.5) is 5.69 Å². The number of aryl methyl sites for hydroxylation is 1. The molecule has 154 valence electrons. The highest BCUT2D eigenvalue weighted by atomic mass is 16.6. The first kappa shape index (κ1) is 21.6. The predicted molar refractivity (Wildman–Crippen MR) is 101 cm³/mol. The van der Waals surface area contributed by atoms with Crippen LogP contribution in [0.5, 0.6) is 11.5 Å². The first-order valence-corrected chi connectivity index (χ1v) is 8.43. The van der Waals surface area contributed by atoms with Crippen molar-refractivity contribution < 1.29 is 33.5 Å². The van der Waals surface area contributed by atoms with Gasteiger partial charge in [0.15, 0.2) is 23.9 Å². The molecular formula is C19H20N2O8. The van der Waals surface area contributed by atoms with Crippen molar-refractivity contribution in [3.05, 3.63) is 50.3 Å². The maximum absolute atomic E-state index is 12.4. The number of nitrogens with zero attached hydrogens (tertiary/aromatic N) is 1. The molecule has 0 spiro atoms. The third-order valence-corrected chi connectivity index (χ3v) is 4.32. The second-order valence-corrected chi connectivity index (χ2v) is 6.16. The maximum Gasteiger partial charge on any atom is 0.345 e. The van der Waals surface area contributed by atoms with Crippen LogP contribution in [0.3, 0.4) is 0 Å². The number of nitrogens with one attached hydrogen (secondary N) is 1. The second kappa shape index (κ2) is 8.55. The fourth-order valence-corrected chi connectivity index (χ4v) is 3.02. The molecule has 0 saturated heterocycles. The lowest BCUT2D eigenvalue weighted by atomic mass is 10.1. The Balaban J connectivity index is 2.27. The van der Waals surface area contributed by atoms with Gasteiger partial charge in [-0.05, 0) is 26.3 Å². The first-order chi connectivity index (χ1) is 13.6. The highest BCUT2D eigenvalue weighted by Gasteiger charge is 2.27. The third kappa shape index (κ3) is 4.26. The van der Waals surface area contributed by atoms with Crippen molar-refractivity contribution in [3.63, 3.8) is 0 Å². The number of H-pyrrole nitrogens is 1. The molecule has 0 atom stereocenters. The molecule has 0 amide bonds. The van der Waals surface area contributed by atoms with Gasteiger partial charge in [0, 0.05) is 17.3 Å². The number of carbonyl (C=O) groups excluding carboxylic acids is 3. The summed E-state index contributed by atoms with van der Waals surface area (Å²) in [7, 11) is 2.61. The van der Waals surface area contributed by atoms with Gasteiger partial charge in [0.05, 0.1) is 30.9 Å². The summed E-state index contributed by atoms with van der Waals surface area (Å²) in [6.45, 7) is 3.98. The lowest BCUT2D eigenvalue weighted by Crippen LogP contribution is -2.16. The molecule has 0 bridgehead atoms. The molecule has 10 nitrogen and oxygen atoms in total. The van der Waals surface area contributed by atoms with E-state index in [2.05, 4.69) is 4.98 Å². The average molecular weight is 404 g/mol. The van der Waals surface area contributed by atoms with Crippen LogP contribution >= 0.6 is 0 Å². The molecule has 1 aromatic heterocycles. The summed E-state index contributed by atoms with van der Waals surface area (Å²) in [4.78, 5) is 49.9. The molecule has 0 aliphatic rings. The number of methoxy groups -OCH3 is 2. The zero-order valence-electron chi connectivity index (χ0n) is 16.6. The third-order valence-electron chi connectivity index (χ3n) is 4.32. The molecular weight excluding hydrogens is 384 g/mol. The SMILES string of the molecule is COc1cc(C(=O)OCC(=O)c2[nH]c(C)c(C(C)=O)c2C)c([N+](=O)[O-])cc1OC. The van der Waals surface area contributed by atoms with Crippen LogP contribution in [0.2, 0.25) is 0 Å². The summed E-state index contributed by atoms with van der Waals surface area (Å²) in [6.07, 6.45) is 0. The van der Waals surface area contributed by atoms with E-state index in [9.17, 15) is 24.5 Å². The zero-order valence-corrected chi connectivity index (χ0v) is 16.6. The van der Waals surface area contributed by atoms with E-state index in [1.54, 1.807) is 13.8 Å². The lowest BCUT2D eigenvalue weighted by Gasteiger charge is -2.10. The molecule has 0 fully saturated rings. The van der Waals surface area contributed by atoms with E-state index in [0.717, 1.165) is 12.1 Å². The number of Topliss-reactive ketones (excluding diaryl/α,β-unsaturated/α-hetero) is 2. The van der Waals surface area contributed by atoms with E-state index in [1.165, 1.54) is 21.1 Å². The highest BCUT2D eigenvalue weighted by molar-refractivity contribution is 6.04. The van der Waals surface area contributed by atoms with Crippen LogP contribution in [0.25, 0.3) is 0 Å². The molecule has 0 aliphatic heterocycles. The molecule has 1 N–H and O–H groups in total. The number of carbonyl (C=O) groups is 3. The van der Waals surface area contributed by atoms with Crippen LogP contribution in [0.15, 0.2) is 12.1 Å². The summed E-state index contributed by atoms with van der Waals surface area (Å²) in [5.41, 5.74) is 0.584. The highest BCUT2D eigenvalue weighted by Crippen LogP contribution is 2.34. The normalized spacial score (nSPS) is 10.4. The minimum absolute atomic E-state index is 0.0704. The number of aromatic nitrogens is 1. The number of ketones is 2. The molecule has 10 heteroatoms. The van der Waals surface area contributed by atoms with E-state index in [0.29, 0.717) is 16.8 Å². The Morgan fingerprint density at radius 1 is 1.10 bits per heavy atom. The van der Waals surface area contributed by atoms with Gasteiger partial charge < -0.3 is 19.2 Å². The van der Waals surface area contributed by atoms with Gasteiger partial charge >= 0.3 is 5.97 Å². The summed E-state index contributed by atoms with van der Waals surface area (Å²) in [6, 6.07) is 2.15. The van der Waals surface area contributed by atoms with Crippen molar-refractivity contribution in [1.82, 2.24) is 4.98 Å². The van der Waals surface area contributed by atoms with Gasteiger partial charge in [-0.2, -0.15) is 0 Å². The molecule has 0 saturated carbocycles. The minimum atomic E-state index is -1.07. The topological polar surface area (TPSA) is 138 Å².